The summed E-state index contributed by atoms with van der Waals surface area (Å²) in [6.07, 6.45) is 7.12. The number of carbonyl (C=O) groups excluding carboxylic acids is 2. The van der Waals surface area contributed by atoms with Gasteiger partial charge in [-0.1, -0.05) is 68.8 Å². The van der Waals surface area contributed by atoms with Gasteiger partial charge < -0.3 is 19.1 Å². The maximum absolute atomic E-state index is 11.9. The maximum atomic E-state index is 11.9. The fourth-order valence-electron chi connectivity index (χ4n) is 4.56. The van der Waals surface area contributed by atoms with E-state index in [2.05, 4.69) is 43.8 Å². The lowest BCUT2D eigenvalue weighted by Crippen LogP contribution is -2.27. The molecule has 13 heteroatoms. The van der Waals surface area contributed by atoms with Gasteiger partial charge in [-0.25, -0.2) is 9.78 Å². The minimum atomic E-state index is -0.604. The van der Waals surface area contributed by atoms with Gasteiger partial charge in [0.05, 0.1) is 22.6 Å². The van der Waals surface area contributed by atoms with Crippen LogP contribution in [0.3, 0.4) is 0 Å². The molecule has 0 radical (unpaired) electrons. The predicted molar refractivity (Wildman–Crippen MR) is 192 cm³/mol. The Morgan fingerprint density at radius 3 is 2.29 bits per heavy atom. The van der Waals surface area contributed by atoms with Crippen molar-refractivity contribution in [1.29, 1.82) is 0 Å². The van der Waals surface area contributed by atoms with Crippen molar-refractivity contribution in [2.75, 3.05) is 24.6 Å². The Labute approximate surface area is 289 Å². The molecule has 254 valence electrons. The highest BCUT2D eigenvalue weighted by Gasteiger charge is 2.15. The van der Waals surface area contributed by atoms with E-state index < -0.39 is 12.3 Å². The number of aromatic nitrogens is 1. The first kappa shape index (κ1) is 36.3. The lowest BCUT2D eigenvalue weighted by molar-refractivity contribution is -0.164. The minimum Gasteiger partial charge on any atom is -0.461 e. The average Bonchev–Trinajstić information content (AvgIpc) is 3.67. The first-order valence-electron chi connectivity index (χ1n) is 16.2. The molecule has 0 N–H and O–H groups in total. The molecule has 0 bridgehead atoms. The van der Waals surface area contributed by atoms with Gasteiger partial charge in [0, 0.05) is 31.1 Å². The molecule has 0 fully saturated rings. The second-order valence-corrected chi connectivity index (χ2v) is 12.7. The number of benzene rings is 2. The number of fused-ring (bicyclic) bond motifs is 1. The number of carbonyl (C=O) groups is 2. The highest BCUT2D eigenvalue weighted by molar-refractivity contribution is 7.30. The van der Waals surface area contributed by atoms with E-state index >= 15 is 0 Å². The fourth-order valence-corrected chi connectivity index (χ4v) is 6.41. The Morgan fingerprint density at radius 1 is 0.917 bits per heavy atom. The van der Waals surface area contributed by atoms with E-state index in [1.165, 1.54) is 41.9 Å². The summed E-state index contributed by atoms with van der Waals surface area (Å²) < 4.78 is 17.6. The van der Waals surface area contributed by atoms with E-state index in [-0.39, 0.29) is 12.6 Å². The number of ether oxygens (including phenoxy) is 3. The van der Waals surface area contributed by atoms with Crippen molar-refractivity contribution in [2.24, 2.45) is 20.5 Å². The van der Waals surface area contributed by atoms with Crippen LogP contribution in [0.4, 0.5) is 27.2 Å². The number of likely N-dealkylation sites (N-methyl/N-ethyl adjacent to an activating group) is 1. The number of hydrogen-bond acceptors (Lipinski definition) is 13. The number of esters is 2. The highest BCUT2D eigenvalue weighted by Crippen LogP contribution is 2.39. The number of nitrogens with zero attached hydrogens (tertiary/aromatic N) is 6. The zero-order valence-corrected chi connectivity index (χ0v) is 29.3. The third kappa shape index (κ3) is 11.6. The molecule has 2 heterocycles. The van der Waals surface area contributed by atoms with Crippen molar-refractivity contribution < 1.29 is 23.8 Å². The molecule has 0 amide bonds. The van der Waals surface area contributed by atoms with E-state index in [4.69, 9.17) is 14.2 Å². The van der Waals surface area contributed by atoms with Gasteiger partial charge in [0.2, 0.25) is 11.4 Å². The Bertz CT molecular complexity index is 1640. The zero-order valence-electron chi connectivity index (χ0n) is 27.7. The van der Waals surface area contributed by atoms with Gasteiger partial charge in [-0.15, -0.1) is 20.5 Å². The summed E-state index contributed by atoms with van der Waals surface area (Å²) in [5.74, 6) is -0.0848. The molecule has 2 aromatic heterocycles. The van der Waals surface area contributed by atoms with Gasteiger partial charge in [0.15, 0.2) is 0 Å². The van der Waals surface area contributed by atoms with Crippen molar-refractivity contribution in [1.82, 2.24) is 4.98 Å². The highest BCUT2D eigenvalue weighted by atomic mass is 32.1. The molecule has 4 rings (SSSR count). The van der Waals surface area contributed by atoms with Crippen molar-refractivity contribution in [3.8, 4) is 5.75 Å². The lowest BCUT2D eigenvalue weighted by Gasteiger charge is -2.22. The van der Waals surface area contributed by atoms with Crippen LogP contribution in [0.5, 0.6) is 5.75 Å². The van der Waals surface area contributed by atoms with Crippen LogP contribution in [0.15, 0.2) is 87.7 Å². The second kappa shape index (κ2) is 19.4. The minimum absolute atomic E-state index is 0.271. The van der Waals surface area contributed by atoms with Crippen LogP contribution < -0.4 is 9.64 Å². The molecule has 1 atom stereocenters. The topological polar surface area (TPSA) is 127 Å². The molecule has 0 aliphatic rings. The summed E-state index contributed by atoms with van der Waals surface area (Å²) in [5.41, 5.74) is 2.38. The number of hydrogen-bond donors (Lipinski definition) is 0. The molecule has 0 aliphatic carbocycles. The quantitative estimate of drug-likeness (QED) is 0.0297. The summed E-state index contributed by atoms with van der Waals surface area (Å²) in [7, 11) is 0. The van der Waals surface area contributed by atoms with E-state index in [0.29, 0.717) is 41.6 Å². The van der Waals surface area contributed by atoms with Gasteiger partial charge in [0.1, 0.15) is 22.2 Å². The average molecular weight is 691 g/mol. The largest absolute Gasteiger partial charge is 0.461 e. The molecular formula is C35H42N6O5S2. The second-order valence-electron chi connectivity index (χ2n) is 10.7. The smallest absolute Gasteiger partial charge is 0.330 e. The van der Waals surface area contributed by atoms with Gasteiger partial charge >= 0.3 is 11.9 Å². The SMILES string of the molecule is C=CC(=O)OCCN(CC)c1ccc(/N=N\c2nc3sc(N=Nc4ccc(OC(CCCCCCC)OC(=O)CC)cc4)cc3s2)cc1. The van der Waals surface area contributed by atoms with Crippen molar-refractivity contribution in [3.05, 3.63) is 67.3 Å². The molecular weight excluding hydrogens is 649 g/mol. The normalized spacial score (nSPS) is 12.1. The summed E-state index contributed by atoms with van der Waals surface area (Å²) in [6.45, 7) is 11.0. The third-order valence-electron chi connectivity index (χ3n) is 7.15. The summed E-state index contributed by atoms with van der Waals surface area (Å²) in [6, 6.07) is 16.9. The molecule has 0 saturated heterocycles. The summed E-state index contributed by atoms with van der Waals surface area (Å²) in [4.78, 5) is 30.7. The van der Waals surface area contributed by atoms with E-state index in [9.17, 15) is 9.59 Å². The van der Waals surface area contributed by atoms with Crippen LogP contribution in [-0.4, -0.2) is 42.9 Å². The van der Waals surface area contributed by atoms with Crippen molar-refractivity contribution >= 4 is 71.3 Å². The zero-order chi connectivity index (χ0) is 34.1. The summed E-state index contributed by atoms with van der Waals surface area (Å²) >= 11 is 2.86. The molecule has 0 spiro atoms. The number of rotatable bonds is 20. The Hall–Kier alpha value is -4.49. The monoisotopic (exact) mass is 690 g/mol. The van der Waals surface area contributed by atoms with Gasteiger partial charge in [-0.05, 0) is 67.9 Å². The number of unbranched alkanes of at least 4 members (excludes halogenated alkanes) is 4. The Kier molecular flexibility index (Phi) is 14.7. The number of anilines is 1. The number of azo groups is 2. The molecule has 4 aromatic rings. The van der Waals surface area contributed by atoms with Crippen LogP contribution in [0.1, 0.15) is 65.7 Å². The first-order valence-corrected chi connectivity index (χ1v) is 17.9. The number of thiophene rings is 1. The standard InChI is InChI=1S/C35H42N6O5S2/c1-5-9-10-11-12-13-33(46-32(43)7-3)45-28-20-16-26(17-21-28)37-39-30-24-29-34(48-30)36-35(47-29)40-38-25-14-18-27(19-15-25)41(8-4)22-23-44-31(42)6-2/h6,14-21,24,33H,2,5,7-13,22-23H2,1,3-4H3/b39-37?,40-38-. The van der Waals surface area contributed by atoms with Crippen LogP contribution in [0, 0.1) is 0 Å². The van der Waals surface area contributed by atoms with E-state index in [0.717, 1.165) is 45.7 Å². The molecule has 2 aromatic carbocycles. The van der Waals surface area contributed by atoms with Crippen LogP contribution in [0.2, 0.25) is 0 Å². The molecule has 0 aliphatic heterocycles. The van der Waals surface area contributed by atoms with Gasteiger partial charge in [-0.3, -0.25) is 4.79 Å². The van der Waals surface area contributed by atoms with E-state index in [1.807, 2.05) is 49.4 Å². The van der Waals surface area contributed by atoms with E-state index in [1.54, 1.807) is 19.1 Å². The molecule has 11 nitrogen and oxygen atoms in total. The maximum Gasteiger partial charge on any atom is 0.330 e. The van der Waals surface area contributed by atoms with Crippen molar-refractivity contribution in [2.45, 2.75) is 72.0 Å². The van der Waals surface area contributed by atoms with Crippen LogP contribution in [0.25, 0.3) is 9.53 Å². The molecule has 0 saturated carbocycles. The number of thiazole rings is 1. The molecule has 1 unspecified atom stereocenters. The lowest BCUT2D eigenvalue weighted by atomic mass is 10.1. The van der Waals surface area contributed by atoms with Gasteiger partial charge in [-0.2, -0.15) is 0 Å². The van der Waals surface area contributed by atoms with Crippen LogP contribution >= 0.6 is 22.7 Å². The third-order valence-corrected chi connectivity index (χ3v) is 9.08. The van der Waals surface area contributed by atoms with Crippen LogP contribution in [-0.2, 0) is 19.1 Å². The predicted octanol–water partition coefficient (Wildman–Crippen LogP) is 10.8. The van der Waals surface area contributed by atoms with Crippen molar-refractivity contribution in [3.63, 3.8) is 0 Å². The Balaban J connectivity index is 1.29. The first-order chi connectivity index (χ1) is 23.4. The molecule has 48 heavy (non-hydrogen) atoms. The summed E-state index contributed by atoms with van der Waals surface area (Å²) in [5, 5.41) is 18.7. The fraction of sp³-hybridized carbons (Fsp3) is 0.400. The Morgan fingerprint density at radius 2 is 1.62 bits per heavy atom. The van der Waals surface area contributed by atoms with Gasteiger partial charge in [0.25, 0.3) is 0 Å².